The number of hydrogen-bond donors (Lipinski definition) is 1. The van der Waals surface area contributed by atoms with Gasteiger partial charge in [0.1, 0.15) is 17.6 Å². The molecule has 5 nitrogen and oxygen atoms in total. The van der Waals surface area contributed by atoms with E-state index in [9.17, 15) is 4.79 Å². The number of carbonyl (C=O) groups is 1. The van der Waals surface area contributed by atoms with Gasteiger partial charge < -0.3 is 19.7 Å². The third-order valence-electron chi connectivity index (χ3n) is 5.28. The van der Waals surface area contributed by atoms with Crippen LogP contribution in [0.4, 0.5) is 5.69 Å². The van der Waals surface area contributed by atoms with Crippen LogP contribution < -0.4 is 19.7 Å². The summed E-state index contributed by atoms with van der Waals surface area (Å²) < 4.78 is 12.0. The fourth-order valence-electron chi connectivity index (χ4n) is 3.59. The summed E-state index contributed by atoms with van der Waals surface area (Å²) in [6.07, 6.45) is 3.98. The van der Waals surface area contributed by atoms with E-state index in [-0.39, 0.29) is 18.1 Å². The maximum absolute atomic E-state index is 11.2. The van der Waals surface area contributed by atoms with Crippen molar-refractivity contribution in [3.05, 3.63) is 54.1 Å². The van der Waals surface area contributed by atoms with Crippen LogP contribution in [0.2, 0.25) is 0 Å². The normalized spacial score (nSPS) is 19.9. The monoisotopic (exact) mass is 380 g/mol. The van der Waals surface area contributed by atoms with Crippen LogP contribution >= 0.6 is 0 Å². The first-order chi connectivity index (χ1) is 13.6. The van der Waals surface area contributed by atoms with E-state index in [1.54, 1.807) is 0 Å². The molecule has 148 valence electrons. The molecular weight excluding hydrogens is 352 g/mol. The van der Waals surface area contributed by atoms with Crippen LogP contribution in [0.15, 0.2) is 48.5 Å². The average molecular weight is 380 g/mol. The molecule has 1 saturated heterocycles. The summed E-state index contributed by atoms with van der Waals surface area (Å²) in [4.78, 5) is 13.6. The second-order valence-electron chi connectivity index (χ2n) is 7.78. The first kappa shape index (κ1) is 18.7. The molecule has 28 heavy (non-hydrogen) atoms. The van der Waals surface area contributed by atoms with Gasteiger partial charge in [0.25, 0.3) is 0 Å². The minimum atomic E-state index is -0.0222. The van der Waals surface area contributed by atoms with Crippen molar-refractivity contribution in [3.8, 4) is 11.5 Å². The van der Waals surface area contributed by atoms with Crippen LogP contribution in [0.3, 0.4) is 0 Å². The number of nitrogens with one attached hydrogen (secondary N) is 1. The van der Waals surface area contributed by atoms with Crippen molar-refractivity contribution in [2.45, 2.75) is 51.4 Å². The maximum Gasteiger partial charge on any atom is 0.217 e. The van der Waals surface area contributed by atoms with Crippen molar-refractivity contribution in [2.24, 2.45) is 0 Å². The summed E-state index contributed by atoms with van der Waals surface area (Å²) in [6, 6.07) is 16.4. The van der Waals surface area contributed by atoms with Crippen molar-refractivity contribution >= 4 is 11.6 Å². The summed E-state index contributed by atoms with van der Waals surface area (Å²) in [7, 11) is 0. The summed E-state index contributed by atoms with van der Waals surface area (Å²) in [5.74, 6) is 1.82. The molecule has 1 amide bonds. The Morgan fingerprint density at radius 3 is 2.18 bits per heavy atom. The fraction of sp³-hybridized carbons (Fsp3) is 0.435. The van der Waals surface area contributed by atoms with Crippen LogP contribution in [-0.4, -0.2) is 31.2 Å². The van der Waals surface area contributed by atoms with E-state index < -0.39 is 0 Å². The predicted octanol–water partition coefficient (Wildman–Crippen LogP) is 4.08. The molecule has 5 heteroatoms. The highest BCUT2D eigenvalue weighted by Crippen LogP contribution is 2.29. The number of carbonyl (C=O) groups excluding carboxylic acids is 1. The lowest BCUT2D eigenvalue weighted by molar-refractivity contribution is -0.119. The molecule has 1 heterocycles. The number of ether oxygens (including phenoxy) is 2. The Morgan fingerprint density at radius 2 is 1.57 bits per heavy atom. The highest BCUT2D eigenvalue weighted by atomic mass is 16.5. The Labute approximate surface area is 166 Å². The molecule has 4 rings (SSSR count). The zero-order valence-corrected chi connectivity index (χ0v) is 16.6. The van der Waals surface area contributed by atoms with Gasteiger partial charge in [-0.3, -0.25) is 4.79 Å². The molecule has 0 bridgehead atoms. The molecule has 2 aromatic rings. The molecule has 2 aromatic carbocycles. The Hall–Kier alpha value is -2.69. The Bertz CT molecular complexity index is 800. The summed E-state index contributed by atoms with van der Waals surface area (Å²) >= 11 is 0. The number of nitrogens with zero attached hydrogens (tertiary/aromatic N) is 1. The maximum atomic E-state index is 11.2. The largest absolute Gasteiger partial charge is 0.490 e. The third kappa shape index (κ3) is 4.77. The summed E-state index contributed by atoms with van der Waals surface area (Å²) in [6.45, 7) is 5.39. The second-order valence-corrected chi connectivity index (χ2v) is 7.78. The van der Waals surface area contributed by atoms with E-state index in [4.69, 9.17) is 9.47 Å². The van der Waals surface area contributed by atoms with Crippen LogP contribution in [0, 0.1) is 0 Å². The highest BCUT2D eigenvalue weighted by Gasteiger charge is 2.25. The van der Waals surface area contributed by atoms with Gasteiger partial charge in [0.15, 0.2) is 0 Å². The first-order valence-corrected chi connectivity index (χ1v) is 10.1. The lowest BCUT2D eigenvalue weighted by atomic mass is 10.1. The Balaban J connectivity index is 1.30. The molecule has 0 radical (unpaired) electrons. The Morgan fingerprint density at radius 1 is 0.964 bits per heavy atom. The quantitative estimate of drug-likeness (QED) is 0.786. The van der Waals surface area contributed by atoms with Crippen molar-refractivity contribution in [3.63, 3.8) is 0 Å². The second kappa shape index (κ2) is 8.13. The van der Waals surface area contributed by atoms with E-state index in [2.05, 4.69) is 34.5 Å². The number of hydrogen-bond acceptors (Lipinski definition) is 4. The highest BCUT2D eigenvalue weighted by molar-refractivity contribution is 5.73. The Kier molecular flexibility index (Phi) is 5.42. The zero-order valence-electron chi connectivity index (χ0n) is 16.6. The van der Waals surface area contributed by atoms with Gasteiger partial charge >= 0.3 is 0 Å². The smallest absolute Gasteiger partial charge is 0.217 e. The minimum absolute atomic E-state index is 0.000359. The van der Waals surface area contributed by atoms with Gasteiger partial charge in [0.05, 0.1) is 18.7 Å². The van der Waals surface area contributed by atoms with Crippen molar-refractivity contribution in [1.82, 2.24) is 5.32 Å². The molecule has 1 saturated carbocycles. The van der Waals surface area contributed by atoms with Gasteiger partial charge in [-0.1, -0.05) is 12.1 Å². The average Bonchev–Trinajstić information content (AvgIpc) is 3.37. The fourth-order valence-corrected chi connectivity index (χ4v) is 3.59. The van der Waals surface area contributed by atoms with E-state index in [0.717, 1.165) is 36.6 Å². The summed E-state index contributed by atoms with van der Waals surface area (Å²) in [5, 5.41) is 2.90. The van der Waals surface area contributed by atoms with Gasteiger partial charge in [0, 0.05) is 25.6 Å². The van der Waals surface area contributed by atoms with Gasteiger partial charge in [-0.25, -0.2) is 0 Å². The molecule has 2 aliphatic rings. The van der Waals surface area contributed by atoms with E-state index in [1.807, 2.05) is 31.2 Å². The molecule has 2 atom stereocenters. The lowest BCUT2D eigenvalue weighted by Gasteiger charge is -2.20. The summed E-state index contributed by atoms with van der Waals surface area (Å²) in [5.41, 5.74) is 2.29. The SMILES string of the molecule is CC(=O)NC(C)c1ccc(OC2CCN(c3ccc(OC4CC4)cc3)C2)cc1. The van der Waals surface area contributed by atoms with Crippen molar-refractivity contribution in [2.75, 3.05) is 18.0 Å². The van der Waals surface area contributed by atoms with Crippen LogP contribution in [0.1, 0.15) is 44.7 Å². The molecular formula is C23H28N2O3. The number of amides is 1. The minimum Gasteiger partial charge on any atom is -0.490 e. The topological polar surface area (TPSA) is 50.8 Å². The third-order valence-corrected chi connectivity index (χ3v) is 5.28. The standard InChI is InChI=1S/C23H28N2O3/c1-16(24-17(2)26)18-3-7-20(8-4-18)28-23-13-14-25(15-23)19-5-9-21(10-6-19)27-22-11-12-22/h3-10,16,22-23H,11-15H2,1-2H3,(H,24,26). The molecule has 0 aromatic heterocycles. The molecule has 2 fully saturated rings. The van der Waals surface area contributed by atoms with Gasteiger partial charge in [-0.05, 0) is 61.7 Å². The van der Waals surface area contributed by atoms with E-state index in [0.29, 0.717) is 6.10 Å². The van der Waals surface area contributed by atoms with Crippen LogP contribution in [0.5, 0.6) is 11.5 Å². The van der Waals surface area contributed by atoms with Gasteiger partial charge in [-0.15, -0.1) is 0 Å². The van der Waals surface area contributed by atoms with Crippen molar-refractivity contribution in [1.29, 1.82) is 0 Å². The van der Waals surface area contributed by atoms with Crippen molar-refractivity contribution < 1.29 is 14.3 Å². The van der Waals surface area contributed by atoms with E-state index >= 15 is 0 Å². The molecule has 1 aliphatic carbocycles. The number of benzene rings is 2. The zero-order chi connectivity index (χ0) is 19.5. The molecule has 2 unspecified atom stereocenters. The lowest BCUT2D eigenvalue weighted by Crippen LogP contribution is -2.24. The molecule has 0 spiro atoms. The number of anilines is 1. The van der Waals surface area contributed by atoms with Crippen LogP contribution in [0.25, 0.3) is 0 Å². The van der Waals surface area contributed by atoms with Gasteiger partial charge in [-0.2, -0.15) is 0 Å². The molecule has 1 aliphatic heterocycles. The predicted molar refractivity (Wildman–Crippen MR) is 110 cm³/mol. The van der Waals surface area contributed by atoms with Gasteiger partial charge in [0.2, 0.25) is 5.91 Å². The van der Waals surface area contributed by atoms with E-state index in [1.165, 1.54) is 25.5 Å². The molecule has 1 N–H and O–H groups in total. The van der Waals surface area contributed by atoms with Crippen LogP contribution in [-0.2, 0) is 4.79 Å². The number of rotatable bonds is 7. The first-order valence-electron chi connectivity index (χ1n) is 10.1.